The molecule has 2 heterocycles. The number of carbonyl (C=O) groups is 1. The van der Waals surface area contributed by atoms with Crippen LogP contribution in [0.15, 0.2) is 105 Å². The Morgan fingerprint density at radius 3 is 2.34 bits per heavy atom. The molecule has 3 aromatic carbocycles. The van der Waals surface area contributed by atoms with Crippen LogP contribution in [-0.4, -0.2) is 23.3 Å². The van der Waals surface area contributed by atoms with Crippen LogP contribution in [0.5, 0.6) is 5.75 Å². The van der Waals surface area contributed by atoms with E-state index in [0.29, 0.717) is 27.0 Å². The van der Waals surface area contributed by atoms with Gasteiger partial charge in [-0.3, -0.25) is 9.69 Å². The van der Waals surface area contributed by atoms with Crippen LogP contribution in [0.25, 0.3) is 0 Å². The maximum absolute atomic E-state index is 13.5. The lowest BCUT2D eigenvalue weighted by atomic mass is 9.94. The third-order valence-electron chi connectivity index (χ3n) is 6.03. The van der Waals surface area contributed by atoms with Gasteiger partial charge in [-0.1, -0.05) is 48.0 Å². The summed E-state index contributed by atoms with van der Waals surface area (Å²) in [5.41, 5.74) is 2.73. The van der Waals surface area contributed by atoms with Gasteiger partial charge in [-0.2, -0.15) is 0 Å². The number of nitrogens with zero attached hydrogens (tertiary/aromatic N) is 1. The second-order valence-corrected chi connectivity index (χ2v) is 9.75. The van der Waals surface area contributed by atoms with Gasteiger partial charge in [0.2, 0.25) is 0 Å². The van der Waals surface area contributed by atoms with Crippen molar-refractivity contribution in [3.05, 3.63) is 108 Å². The van der Waals surface area contributed by atoms with E-state index in [9.17, 15) is 9.00 Å². The molecular weight excluding hydrogens is 462 g/mol. The number of hydrogen-bond donors (Lipinski definition) is 0. The lowest BCUT2D eigenvalue weighted by molar-refractivity contribution is -0.144. The molecule has 0 spiro atoms. The molecule has 0 N–H and O–H groups in total. The number of amides is 1. The van der Waals surface area contributed by atoms with Crippen LogP contribution in [0.4, 0.5) is 5.69 Å². The van der Waals surface area contributed by atoms with Gasteiger partial charge in [0.05, 0.1) is 35.7 Å². The van der Waals surface area contributed by atoms with Crippen molar-refractivity contribution >= 4 is 22.4 Å². The Morgan fingerprint density at radius 1 is 0.943 bits per heavy atom. The number of β-lactam (4-membered cyclic amide) rings is 1. The first-order chi connectivity index (χ1) is 17.1. The first kappa shape index (κ1) is 23.1. The van der Waals surface area contributed by atoms with Crippen LogP contribution in [0.1, 0.15) is 22.9 Å². The number of furan rings is 1. The Hall–Kier alpha value is -3.68. The second-order valence-electron chi connectivity index (χ2n) is 8.30. The maximum atomic E-state index is 13.5. The molecule has 7 heteroatoms. The Balaban J connectivity index is 1.48. The number of aryl methyl sites for hydroxylation is 1. The van der Waals surface area contributed by atoms with E-state index >= 15 is 0 Å². The van der Waals surface area contributed by atoms with Gasteiger partial charge in [0.25, 0.3) is 5.91 Å². The number of anilines is 1. The number of hydrogen-bond acceptors (Lipinski definition) is 5. The Labute approximate surface area is 206 Å². The van der Waals surface area contributed by atoms with E-state index in [1.54, 1.807) is 30.2 Å². The number of methoxy groups -OCH3 is 1. The first-order valence-electron chi connectivity index (χ1n) is 11.3. The van der Waals surface area contributed by atoms with E-state index < -0.39 is 22.9 Å². The standard InChI is InChI=1S/C28H25NO5S/c1-19-8-14-23(15-9-19)35(31)24-16-17-33-26(24)25-27(34-18-20-6-4-3-5-7-20)28(30)29(25)21-10-12-22(32-2)13-11-21/h3-17,25,27H,18H2,1-2H3/t25-,27+,35+/m1/s1. The average molecular weight is 488 g/mol. The minimum Gasteiger partial charge on any atom is -0.497 e. The van der Waals surface area contributed by atoms with Gasteiger partial charge in [-0.05, 0) is 55.0 Å². The molecule has 1 amide bonds. The molecule has 0 radical (unpaired) electrons. The molecule has 1 saturated heterocycles. The molecule has 1 aliphatic rings. The molecule has 1 aliphatic heterocycles. The first-order valence-corrected chi connectivity index (χ1v) is 12.4. The molecule has 3 atom stereocenters. The summed E-state index contributed by atoms with van der Waals surface area (Å²) in [6.45, 7) is 2.26. The highest BCUT2D eigenvalue weighted by molar-refractivity contribution is 7.85. The Kier molecular flexibility index (Phi) is 6.53. The topological polar surface area (TPSA) is 69.0 Å². The highest BCUT2D eigenvalue weighted by atomic mass is 32.2. The summed E-state index contributed by atoms with van der Waals surface area (Å²) in [4.78, 5) is 16.1. The van der Waals surface area contributed by atoms with Gasteiger partial charge in [-0.15, -0.1) is 0 Å². The van der Waals surface area contributed by atoms with E-state index in [1.165, 1.54) is 6.26 Å². The van der Waals surface area contributed by atoms with Gasteiger partial charge >= 0.3 is 0 Å². The summed E-state index contributed by atoms with van der Waals surface area (Å²) in [5.74, 6) is 0.964. The predicted octanol–water partition coefficient (Wildman–Crippen LogP) is 5.44. The molecule has 0 bridgehead atoms. The summed E-state index contributed by atoms with van der Waals surface area (Å²) >= 11 is 0. The van der Waals surface area contributed by atoms with Crippen LogP contribution in [0, 0.1) is 6.92 Å². The van der Waals surface area contributed by atoms with Crippen LogP contribution >= 0.6 is 0 Å². The van der Waals surface area contributed by atoms with Crippen molar-refractivity contribution in [2.24, 2.45) is 0 Å². The van der Waals surface area contributed by atoms with Crippen molar-refractivity contribution in [2.75, 3.05) is 12.0 Å². The summed E-state index contributed by atoms with van der Waals surface area (Å²) in [6, 6.07) is 25.6. The van der Waals surface area contributed by atoms with Crippen molar-refractivity contribution < 1.29 is 22.9 Å². The number of ether oxygens (including phenoxy) is 2. The van der Waals surface area contributed by atoms with Crippen molar-refractivity contribution in [3.8, 4) is 5.75 Å². The normalized spacial score (nSPS) is 18.2. The number of benzene rings is 3. The van der Waals surface area contributed by atoms with Crippen LogP contribution in [0.3, 0.4) is 0 Å². The van der Waals surface area contributed by atoms with E-state index in [1.807, 2.05) is 73.7 Å². The van der Waals surface area contributed by atoms with E-state index in [2.05, 4.69) is 0 Å². The lowest BCUT2D eigenvalue weighted by Gasteiger charge is -2.45. The summed E-state index contributed by atoms with van der Waals surface area (Å²) < 4.78 is 30.7. The molecule has 6 nitrogen and oxygen atoms in total. The van der Waals surface area contributed by atoms with Gasteiger partial charge in [0, 0.05) is 10.6 Å². The third kappa shape index (κ3) is 4.52. The second kappa shape index (κ2) is 9.90. The smallest absolute Gasteiger partial charge is 0.259 e. The SMILES string of the molecule is COc1ccc(N2C(=O)[C@@H](OCc3ccccc3)[C@H]2c2occc2[S@@](=O)c2ccc(C)cc2)cc1. The van der Waals surface area contributed by atoms with Gasteiger partial charge in [0.1, 0.15) is 17.6 Å². The third-order valence-corrected chi connectivity index (χ3v) is 7.47. The summed E-state index contributed by atoms with van der Waals surface area (Å²) in [7, 11) is 0.119. The molecule has 0 aliphatic carbocycles. The molecule has 35 heavy (non-hydrogen) atoms. The van der Waals surface area contributed by atoms with Crippen molar-refractivity contribution in [2.45, 2.75) is 35.5 Å². The Bertz CT molecular complexity index is 1330. The average Bonchev–Trinajstić information content (AvgIpc) is 3.37. The van der Waals surface area contributed by atoms with Gasteiger partial charge < -0.3 is 13.9 Å². The predicted molar refractivity (Wildman–Crippen MR) is 133 cm³/mol. The maximum Gasteiger partial charge on any atom is 0.259 e. The molecule has 0 saturated carbocycles. The van der Waals surface area contributed by atoms with Crippen molar-refractivity contribution in [3.63, 3.8) is 0 Å². The molecule has 1 fully saturated rings. The van der Waals surface area contributed by atoms with Crippen LogP contribution < -0.4 is 9.64 Å². The Morgan fingerprint density at radius 2 is 1.66 bits per heavy atom. The van der Waals surface area contributed by atoms with E-state index in [4.69, 9.17) is 13.9 Å². The quantitative estimate of drug-likeness (QED) is 0.310. The molecule has 178 valence electrons. The fourth-order valence-corrected chi connectivity index (χ4v) is 5.31. The molecule has 4 aromatic rings. The largest absolute Gasteiger partial charge is 0.497 e. The van der Waals surface area contributed by atoms with Gasteiger partial charge in [0.15, 0.2) is 6.10 Å². The highest BCUT2D eigenvalue weighted by Gasteiger charge is 2.53. The monoisotopic (exact) mass is 487 g/mol. The molecule has 5 rings (SSSR count). The number of rotatable bonds is 8. The molecule has 1 aromatic heterocycles. The fraction of sp³-hybridized carbons (Fsp3) is 0.179. The van der Waals surface area contributed by atoms with E-state index in [0.717, 1.165) is 11.1 Å². The van der Waals surface area contributed by atoms with Gasteiger partial charge in [-0.25, -0.2) is 4.21 Å². The highest BCUT2D eigenvalue weighted by Crippen LogP contribution is 2.44. The van der Waals surface area contributed by atoms with Crippen molar-refractivity contribution in [1.82, 2.24) is 0 Å². The zero-order chi connectivity index (χ0) is 24.4. The van der Waals surface area contributed by atoms with Crippen LogP contribution in [0.2, 0.25) is 0 Å². The zero-order valence-corrected chi connectivity index (χ0v) is 20.2. The minimum absolute atomic E-state index is 0.181. The zero-order valence-electron chi connectivity index (χ0n) is 19.4. The van der Waals surface area contributed by atoms with Crippen molar-refractivity contribution in [1.29, 1.82) is 0 Å². The molecule has 0 unspecified atom stereocenters. The minimum atomic E-state index is -1.47. The van der Waals surface area contributed by atoms with Crippen LogP contribution in [-0.2, 0) is 26.9 Å². The number of carbonyl (C=O) groups excluding carboxylic acids is 1. The van der Waals surface area contributed by atoms with E-state index in [-0.39, 0.29) is 12.5 Å². The summed E-state index contributed by atoms with van der Waals surface area (Å²) in [5, 5.41) is 0. The lowest BCUT2D eigenvalue weighted by Crippen LogP contribution is -2.60. The summed E-state index contributed by atoms with van der Waals surface area (Å²) in [6.07, 6.45) is 0.747. The fourth-order valence-electron chi connectivity index (χ4n) is 4.14. The molecular formula is C28H25NO5S.